The van der Waals surface area contributed by atoms with Gasteiger partial charge in [-0.25, -0.2) is 4.79 Å². The summed E-state index contributed by atoms with van der Waals surface area (Å²) in [6.45, 7) is 0.561. The van der Waals surface area contributed by atoms with Gasteiger partial charge in [-0.1, -0.05) is 24.3 Å². The quantitative estimate of drug-likeness (QED) is 0.608. The maximum absolute atomic E-state index is 12.7. The van der Waals surface area contributed by atoms with E-state index in [-0.39, 0.29) is 0 Å². The fraction of sp³-hybridized carbons (Fsp3) is 0.211. The largest absolute Gasteiger partial charge is 0.478 e. The molecule has 2 aromatic rings. The van der Waals surface area contributed by atoms with Crippen LogP contribution >= 0.6 is 0 Å². The Morgan fingerprint density at radius 1 is 1.15 bits per heavy atom. The van der Waals surface area contributed by atoms with Crippen LogP contribution in [0, 0.1) is 0 Å². The van der Waals surface area contributed by atoms with E-state index in [9.17, 15) is 18.0 Å². The number of carboxylic acid groups (broad SMARTS) is 1. The van der Waals surface area contributed by atoms with Gasteiger partial charge in [0.2, 0.25) is 0 Å². The molecule has 1 N–H and O–H groups in total. The van der Waals surface area contributed by atoms with Crippen LogP contribution in [0.15, 0.2) is 59.0 Å². The van der Waals surface area contributed by atoms with E-state index in [1.54, 1.807) is 12.1 Å². The van der Waals surface area contributed by atoms with Gasteiger partial charge in [0.25, 0.3) is 0 Å². The summed E-state index contributed by atoms with van der Waals surface area (Å²) in [5.74, 6) is 0.00225. The van der Waals surface area contributed by atoms with E-state index in [2.05, 4.69) is 0 Å². The lowest BCUT2D eigenvalue weighted by Gasteiger charge is -2.09. The van der Waals surface area contributed by atoms with Gasteiger partial charge in [0, 0.05) is 11.6 Å². The molecule has 0 aliphatic rings. The fourth-order valence-electron chi connectivity index (χ4n) is 2.31. The third kappa shape index (κ3) is 5.35. The summed E-state index contributed by atoms with van der Waals surface area (Å²) in [6.07, 6.45) is -0.679. The Labute approximate surface area is 148 Å². The first-order valence-electron chi connectivity index (χ1n) is 7.69. The second kappa shape index (κ2) is 8.05. The van der Waals surface area contributed by atoms with Gasteiger partial charge < -0.3 is 14.4 Å². The van der Waals surface area contributed by atoms with Crippen molar-refractivity contribution in [3.8, 4) is 0 Å². The highest BCUT2D eigenvalue weighted by atomic mass is 19.4. The lowest BCUT2D eigenvalue weighted by molar-refractivity contribution is -0.137. The summed E-state index contributed by atoms with van der Waals surface area (Å²) in [5.41, 5.74) is 0.217. The highest BCUT2D eigenvalue weighted by molar-refractivity contribution is 5.83. The second-order valence-corrected chi connectivity index (χ2v) is 5.86. The van der Waals surface area contributed by atoms with E-state index >= 15 is 0 Å². The van der Waals surface area contributed by atoms with E-state index in [1.807, 2.05) is 19.0 Å². The molecule has 0 saturated heterocycles. The van der Waals surface area contributed by atoms with Gasteiger partial charge in [-0.15, -0.1) is 0 Å². The molecule has 1 aromatic carbocycles. The Balaban J connectivity index is 2.41. The number of carbonyl (C=O) groups is 1. The Morgan fingerprint density at radius 3 is 2.35 bits per heavy atom. The summed E-state index contributed by atoms with van der Waals surface area (Å²) in [6, 6.07) is 8.10. The van der Waals surface area contributed by atoms with Crippen molar-refractivity contribution in [1.29, 1.82) is 0 Å². The first-order valence-corrected chi connectivity index (χ1v) is 7.69. The average molecular weight is 365 g/mol. The molecule has 0 aliphatic heterocycles. The van der Waals surface area contributed by atoms with Crippen LogP contribution in [0.4, 0.5) is 13.2 Å². The molecule has 0 amide bonds. The first kappa shape index (κ1) is 19.5. The number of allylic oxidation sites excluding steroid dienone is 2. The molecule has 4 nitrogen and oxygen atoms in total. The molecule has 0 spiro atoms. The smallest absolute Gasteiger partial charge is 0.416 e. The molecule has 1 aromatic heterocycles. The third-order valence-electron chi connectivity index (χ3n) is 3.42. The predicted octanol–water partition coefficient (Wildman–Crippen LogP) is 4.43. The van der Waals surface area contributed by atoms with Crippen molar-refractivity contribution >= 4 is 11.5 Å². The minimum atomic E-state index is -4.42. The SMILES string of the molecule is CN(C)Cc1ccc(/C(=C/C=C/C(=O)O)c2ccc(C(F)(F)F)cc2)o1. The Morgan fingerprint density at radius 2 is 1.81 bits per heavy atom. The van der Waals surface area contributed by atoms with Crippen LogP contribution in [0.2, 0.25) is 0 Å². The molecular formula is C19H18F3NO3. The van der Waals surface area contributed by atoms with Crippen LogP contribution in [-0.2, 0) is 17.5 Å². The van der Waals surface area contributed by atoms with Crippen molar-refractivity contribution in [3.05, 3.63) is 77.3 Å². The van der Waals surface area contributed by atoms with Crippen LogP contribution in [-0.4, -0.2) is 30.1 Å². The normalized spacial score (nSPS) is 12.9. The van der Waals surface area contributed by atoms with Crippen LogP contribution in [0.1, 0.15) is 22.6 Å². The Kier molecular flexibility index (Phi) is 6.05. The molecule has 0 atom stereocenters. The van der Waals surface area contributed by atoms with E-state index < -0.39 is 17.7 Å². The molecule has 0 bridgehead atoms. The summed E-state index contributed by atoms with van der Waals surface area (Å²) in [4.78, 5) is 12.6. The van der Waals surface area contributed by atoms with Crippen LogP contribution in [0.25, 0.3) is 5.57 Å². The topological polar surface area (TPSA) is 53.7 Å². The van der Waals surface area contributed by atoms with Crippen molar-refractivity contribution in [1.82, 2.24) is 4.90 Å². The third-order valence-corrected chi connectivity index (χ3v) is 3.42. The molecular weight excluding hydrogens is 347 g/mol. The van der Waals surface area contributed by atoms with Gasteiger partial charge in [0.15, 0.2) is 0 Å². The van der Waals surface area contributed by atoms with E-state index in [4.69, 9.17) is 9.52 Å². The summed E-state index contributed by atoms with van der Waals surface area (Å²) >= 11 is 0. The molecule has 0 fully saturated rings. The molecule has 2 rings (SSSR count). The highest BCUT2D eigenvalue weighted by Gasteiger charge is 2.30. The number of alkyl halides is 3. The zero-order valence-electron chi connectivity index (χ0n) is 14.2. The number of hydrogen-bond donors (Lipinski definition) is 1. The van der Waals surface area contributed by atoms with E-state index in [1.165, 1.54) is 24.3 Å². The number of furan rings is 1. The summed E-state index contributed by atoms with van der Waals surface area (Å²) < 4.78 is 44.0. The van der Waals surface area contributed by atoms with Gasteiger partial charge in [0.1, 0.15) is 11.5 Å². The van der Waals surface area contributed by atoms with Crippen molar-refractivity contribution < 1.29 is 27.5 Å². The number of carboxylic acids is 1. The monoisotopic (exact) mass is 365 g/mol. The molecule has 7 heteroatoms. The van der Waals surface area contributed by atoms with Gasteiger partial charge in [-0.3, -0.25) is 0 Å². The molecule has 0 unspecified atom stereocenters. The number of hydrogen-bond acceptors (Lipinski definition) is 3. The Bertz CT molecular complexity index is 815. The molecule has 0 aliphatic carbocycles. The average Bonchev–Trinajstić information content (AvgIpc) is 2.98. The molecule has 1 heterocycles. The summed E-state index contributed by atoms with van der Waals surface area (Å²) in [7, 11) is 3.76. The zero-order chi connectivity index (χ0) is 19.3. The van der Waals surface area contributed by atoms with Crippen LogP contribution < -0.4 is 0 Å². The predicted molar refractivity (Wildman–Crippen MR) is 91.4 cm³/mol. The second-order valence-electron chi connectivity index (χ2n) is 5.86. The fourth-order valence-corrected chi connectivity index (χ4v) is 2.31. The maximum atomic E-state index is 12.7. The van der Waals surface area contributed by atoms with E-state index in [0.717, 1.165) is 18.2 Å². The van der Waals surface area contributed by atoms with Crippen molar-refractivity contribution in [2.24, 2.45) is 0 Å². The number of rotatable bonds is 6. The van der Waals surface area contributed by atoms with Gasteiger partial charge in [0.05, 0.1) is 12.1 Å². The molecule has 0 radical (unpaired) electrons. The molecule has 26 heavy (non-hydrogen) atoms. The zero-order valence-corrected chi connectivity index (χ0v) is 14.2. The first-order chi connectivity index (χ1) is 12.2. The minimum Gasteiger partial charge on any atom is -0.478 e. The molecule has 138 valence electrons. The standard InChI is InChI=1S/C19H18F3NO3/c1-23(2)12-15-10-11-17(26-15)16(4-3-5-18(24)25)13-6-8-14(9-7-13)19(20,21)22/h3-11H,12H2,1-2H3,(H,24,25)/b5-3+,16-4+. The van der Waals surface area contributed by atoms with Gasteiger partial charge in [-0.2, -0.15) is 13.2 Å². The number of aliphatic carboxylic acids is 1. The number of benzene rings is 1. The van der Waals surface area contributed by atoms with E-state index in [0.29, 0.717) is 29.2 Å². The van der Waals surface area contributed by atoms with Crippen LogP contribution in [0.5, 0.6) is 0 Å². The number of nitrogens with zero attached hydrogens (tertiary/aromatic N) is 1. The van der Waals surface area contributed by atoms with Gasteiger partial charge >= 0.3 is 12.1 Å². The summed E-state index contributed by atoms with van der Waals surface area (Å²) in [5, 5.41) is 8.73. The minimum absolute atomic E-state index is 0.441. The Hall–Kier alpha value is -2.80. The van der Waals surface area contributed by atoms with Crippen molar-refractivity contribution in [2.75, 3.05) is 14.1 Å². The lowest BCUT2D eigenvalue weighted by Crippen LogP contribution is -2.09. The van der Waals surface area contributed by atoms with Crippen LogP contribution in [0.3, 0.4) is 0 Å². The van der Waals surface area contributed by atoms with Crippen molar-refractivity contribution in [3.63, 3.8) is 0 Å². The van der Waals surface area contributed by atoms with Crippen molar-refractivity contribution in [2.45, 2.75) is 12.7 Å². The lowest BCUT2D eigenvalue weighted by atomic mass is 10.0. The van der Waals surface area contributed by atoms with Gasteiger partial charge in [-0.05, 0) is 43.9 Å². The molecule has 0 saturated carbocycles. The maximum Gasteiger partial charge on any atom is 0.416 e. The highest BCUT2D eigenvalue weighted by Crippen LogP contribution is 2.32. The number of halogens is 3.